The second-order valence-corrected chi connectivity index (χ2v) is 5.75. The van der Waals surface area contributed by atoms with Gasteiger partial charge in [0.1, 0.15) is 5.82 Å². The number of nitrogens with one attached hydrogen (secondary N) is 3. The molecule has 1 aromatic carbocycles. The van der Waals surface area contributed by atoms with Crippen molar-refractivity contribution in [3.63, 3.8) is 0 Å². The maximum Gasteiger partial charge on any atom is 0.325 e. The van der Waals surface area contributed by atoms with Crippen LogP contribution in [0.25, 0.3) is 0 Å². The Morgan fingerprint density at radius 1 is 1.19 bits per heavy atom. The quantitative estimate of drug-likeness (QED) is 0.667. The number of H-pyrrole nitrogens is 2. The second kappa shape index (κ2) is 4.14. The first-order valence-electron chi connectivity index (χ1n) is 6.96. The van der Waals surface area contributed by atoms with E-state index in [2.05, 4.69) is 15.3 Å². The van der Waals surface area contributed by atoms with Crippen molar-refractivity contribution in [1.82, 2.24) is 15.3 Å². The zero-order valence-corrected chi connectivity index (χ0v) is 11.3. The summed E-state index contributed by atoms with van der Waals surface area (Å²) >= 11 is 0. The third-order valence-electron chi connectivity index (χ3n) is 4.61. The zero-order valence-electron chi connectivity index (χ0n) is 11.3. The normalized spacial score (nSPS) is 23.1. The molecule has 21 heavy (non-hydrogen) atoms. The molecule has 6 heteroatoms. The Hall–Kier alpha value is -2.21. The van der Waals surface area contributed by atoms with Crippen LogP contribution in [0.1, 0.15) is 28.8 Å². The van der Waals surface area contributed by atoms with Crippen LogP contribution in [0.5, 0.6) is 0 Å². The highest BCUT2D eigenvalue weighted by atomic mass is 19.1. The van der Waals surface area contributed by atoms with Gasteiger partial charge in [0.15, 0.2) is 0 Å². The van der Waals surface area contributed by atoms with E-state index < -0.39 is 11.2 Å². The summed E-state index contributed by atoms with van der Waals surface area (Å²) < 4.78 is 14.3. The number of hydrogen-bond donors (Lipinski definition) is 3. The van der Waals surface area contributed by atoms with Crippen LogP contribution in [0.15, 0.2) is 27.8 Å². The summed E-state index contributed by atoms with van der Waals surface area (Å²) in [7, 11) is 0. The Bertz CT molecular complexity index is 855. The van der Waals surface area contributed by atoms with E-state index in [1.54, 1.807) is 6.07 Å². The molecule has 5 nitrogen and oxygen atoms in total. The molecule has 0 bridgehead atoms. The maximum atomic E-state index is 14.3. The zero-order chi connectivity index (χ0) is 14.6. The molecule has 2 aliphatic rings. The summed E-state index contributed by atoms with van der Waals surface area (Å²) in [5.74, 6) is -0.229. The molecule has 0 amide bonds. The first kappa shape index (κ1) is 12.5. The van der Waals surface area contributed by atoms with Gasteiger partial charge >= 0.3 is 5.69 Å². The Morgan fingerprint density at radius 3 is 2.90 bits per heavy atom. The van der Waals surface area contributed by atoms with Gasteiger partial charge in [0, 0.05) is 24.2 Å². The fourth-order valence-electron chi connectivity index (χ4n) is 3.66. The predicted molar refractivity (Wildman–Crippen MR) is 74.6 cm³/mol. The molecule has 2 heterocycles. The molecule has 3 N–H and O–H groups in total. The summed E-state index contributed by atoms with van der Waals surface area (Å²) in [5.41, 5.74) is 1.41. The van der Waals surface area contributed by atoms with Gasteiger partial charge in [-0.1, -0.05) is 12.1 Å². The van der Waals surface area contributed by atoms with Gasteiger partial charge in [0.25, 0.3) is 5.56 Å². The molecule has 1 aromatic heterocycles. The minimum Gasteiger partial charge on any atom is -0.311 e. The maximum absolute atomic E-state index is 14.3. The van der Waals surface area contributed by atoms with Gasteiger partial charge in [-0.15, -0.1) is 0 Å². The number of fused-ring (bicyclic) bond motifs is 3. The van der Waals surface area contributed by atoms with Crippen molar-refractivity contribution in [3.05, 3.63) is 67.2 Å². The summed E-state index contributed by atoms with van der Waals surface area (Å²) in [4.78, 5) is 28.2. The fraction of sp³-hybridized carbons (Fsp3) is 0.333. The first-order valence-corrected chi connectivity index (χ1v) is 6.96. The summed E-state index contributed by atoms with van der Waals surface area (Å²) in [6.45, 7) is 0.329. The topological polar surface area (TPSA) is 77.8 Å². The molecular formula is C15H14FN3O2. The van der Waals surface area contributed by atoms with E-state index in [-0.39, 0.29) is 11.4 Å². The average Bonchev–Trinajstić information content (AvgIpc) is 2.78. The lowest BCUT2D eigenvalue weighted by molar-refractivity contribution is 0.291. The molecule has 0 fully saturated rings. The second-order valence-electron chi connectivity index (χ2n) is 5.75. The van der Waals surface area contributed by atoms with Crippen molar-refractivity contribution in [1.29, 1.82) is 0 Å². The number of hydrogen-bond acceptors (Lipinski definition) is 3. The molecule has 0 radical (unpaired) electrons. The Balaban J connectivity index is 1.88. The van der Waals surface area contributed by atoms with Gasteiger partial charge in [-0.05, 0) is 24.5 Å². The largest absolute Gasteiger partial charge is 0.325 e. The Morgan fingerprint density at radius 2 is 2.05 bits per heavy atom. The van der Waals surface area contributed by atoms with Crippen molar-refractivity contribution in [3.8, 4) is 0 Å². The summed E-state index contributed by atoms with van der Waals surface area (Å²) in [5, 5.41) is 3.33. The van der Waals surface area contributed by atoms with Crippen molar-refractivity contribution < 1.29 is 4.39 Å². The smallest absolute Gasteiger partial charge is 0.311 e. The highest BCUT2D eigenvalue weighted by Gasteiger charge is 2.43. The molecule has 1 aliphatic carbocycles. The third-order valence-corrected chi connectivity index (χ3v) is 4.61. The highest BCUT2D eigenvalue weighted by molar-refractivity contribution is 5.43. The summed E-state index contributed by atoms with van der Waals surface area (Å²) in [6, 6.07) is 5.12. The van der Waals surface area contributed by atoms with Gasteiger partial charge in [-0.3, -0.25) is 9.78 Å². The molecule has 1 unspecified atom stereocenters. The number of benzene rings is 1. The van der Waals surface area contributed by atoms with Crippen LogP contribution < -0.4 is 16.6 Å². The van der Waals surface area contributed by atoms with E-state index in [1.807, 2.05) is 6.07 Å². The molecule has 1 aliphatic heterocycles. The molecule has 108 valence electrons. The van der Waals surface area contributed by atoms with Crippen molar-refractivity contribution in [2.45, 2.75) is 31.3 Å². The number of aryl methyl sites for hydroxylation is 1. The Labute approximate surface area is 119 Å². The monoisotopic (exact) mass is 287 g/mol. The van der Waals surface area contributed by atoms with Gasteiger partial charge in [-0.25, -0.2) is 9.18 Å². The average molecular weight is 287 g/mol. The standard InChI is InChI=1S/C15H14FN3O2/c16-10-3-1-2-8-4-5-15(12(8)10)6-11-9(7-17-15)13(20)19-14(21)18-11/h1-3,17H,4-7H2,(H2,18,19,20,21). The fourth-order valence-corrected chi connectivity index (χ4v) is 3.66. The molecule has 2 aromatic rings. The Kier molecular flexibility index (Phi) is 2.47. The van der Waals surface area contributed by atoms with Crippen LogP contribution >= 0.6 is 0 Å². The SMILES string of the molecule is O=c1[nH]c2c(c(=O)[nH]1)CNC1(CCc3cccc(F)c31)C2. The van der Waals surface area contributed by atoms with E-state index in [1.165, 1.54) is 6.07 Å². The van der Waals surface area contributed by atoms with E-state index in [0.717, 1.165) is 18.4 Å². The predicted octanol–water partition coefficient (Wildman–Crippen LogP) is 0.690. The molecule has 0 saturated heterocycles. The van der Waals surface area contributed by atoms with Crippen LogP contribution in [0.2, 0.25) is 0 Å². The van der Waals surface area contributed by atoms with E-state index >= 15 is 0 Å². The lowest BCUT2D eigenvalue weighted by Gasteiger charge is -2.36. The number of aromatic nitrogens is 2. The van der Waals surface area contributed by atoms with Gasteiger partial charge in [0.05, 0.1) is 11.1 Å². The van der Waals surface area contributed by atoms with Gasteiger partial charge in [-0.2, -0.15) is 0 Å². The molecule has 1 spiro atoms. The first-order chi connectivity index (χ1) is 10.1. The lowest BCUT2D eigenvalue weighted by Crippen LogP contribution is -2.49. The number of aromatic amines is 2. The van der Waals surface area contributed by atoms with E-state index in [0.29, 0.717) is 29.8 Å². The van der Waals surface area contributed by atoms with Gasteiger partial charge in [0.2, 0.25) is 0 Å². The van der Waals surface area contributed by atoms with Crippen LogP contribution in [-0.4, -0.2) is 9.97 Å². The van der Waals surface area contributed by atoms with Crippen LogP contribution in [0, 0.1) is 5.82 Å². The van der Waals surface area contributed by atoms with Crippen LogP contribution in [0.4, 0.5) is 4.39 Å². The number of halogens is 1. The molecule has 0 saturated carbocycles. The van der Waals surface area contributed by atoms with Crippen molar-refractivity contribution in [2.24, 2.45) is 0 Å². The minimum atomic E-state index is -0.523. The number of rotatable bonds is 0. The van der Waals surface area contributed by atoms with Crippen molar-refractivity contribution >= 4 is 0 Å². The highest BCUT2D eigenvalue weighted by Crippen LogP contribution is 2.42. The third kappa shape index (κ3) is 1.72. The van der Waals surface area contributed by atoms with Gasteiger partial charge < -0.3 is 10.3 Å². The molecule has 1 atom stereocenters. The molecule has 4 rings (SSSR count). The summed E-state index contributed by atoms with van der Waals surface area (Å²) in [6.07, 6.45) is 1.98. The van der Waals surface area contributed by atoms with Crippen LogP contribution in [0.3, 0.4) is 0 Å². The minimum absolute atomic E-state index is 0.229. The molecular weight excluding hydrogens is 273 g/mol. The van der Waals surface area contributed by atoms with Crippen LogP contribution in [-0.2, 0) is 24.9 Å². The van der Waals surface area contributed by atoms with E-state index in [9.17, 15) is 14.0 Å². The van der Waals surface area contributed by atoms with Crippen molar-refractivity contribution in [2.75, 3.05) is 0 Å². The lowest BCUT2D eigenvalue weighted by atomic mass is 9.82. The van der Waals surface area contributed by atoms with E-state index in [4.69, 9.17) is 0 Å².